The van der Waals surface area contributed by atoms with Crippen LogP contribution in [0.4, 0.5) is 0 Å². The first-order valence-electron chi connectivity index (χ1n) is 9.44. The van der Waals surface area contributed by atoms with E-state index in [1.54, 1.807) is 0 Å². The number of hydrogen-bond acceptors (Lipinski definition) is 3. The summed E-state index contributed by atoms with van der Waals surface area (Å²) in [6.07, 6.45) is 4.29. The van der Waals surface area contributed by atoms with Crippen molar-refractivity contribution in [2.45, 2.75) is 52.5 Å². The number of benzene rings is 1. The van der Waals surface area contributed by atoms with E-state index in [0.29, 0.717) is 13.2 Å². The van der Waals surface area contributed by atoms with Gasteiger partial charge in [-0.1, -0.05) is 26.0 Å². The molecule has 1 aromatic carbocycles. The molecule has 0 aromatic heterocycles. The zero-order valence-electron chi connectivity index (χ0n) is 15.4. The van der Waals surface area contributed by atoms with Gasteiger partial charge in [0.2, 0.25) is 5.91 Å². The summed E-state index contributed by atoms with van der Waals surface area (Å²) >= 11 is 0. The number of amides is 1. The minimum atomic E-state index is 0.129. The highest BCUT2D eigenvalue weighted by molar-refractivity contribution is 5.78. The Labute approximate surface area is 146 Å². The number of carbonyl (C=O) groups excluding carboxylic acids is 1. The Bertz CT molecular complexity index is 491. The topological polar surface area (TPSA) is 41.6 Å². The van der Waals surface area contributed by atoms with Crippen molar-refractivity contribution >= 4 is 5.91 Å². The third-order valence-electron chi connectivity index (χ3n) is 4.98. The fraction of sp³-hybridized carbons (Fsp3) is 0.650. The molecule has 1 aliphatic heterocycles. The van der Waals surface area contributed by atoms with Gasteiger partial charge in [0, 0.05) is 12.5 Å². The van der Waals surface area contributed by atoms with E-state index >= 15 is 0 Å². The van der Waals surface area contributed by atoms with E-state index in [1.165, 1.54) is 18.4 Å². The lowest BCUT2D eigenvalue weighted by atomic mass is 10.0. The summed E-state index contributed by atoms with van der Waals surface area (Å²) in [6, 6.07) is 8.59. The maximum absolute atomic E-state index is 12.3. The van der Waals surface area contributed by atoms with Crippen molar-refractivity contribution in [3.05, 3.63) is 29.8 Å². The number of likely N-dealkylation sites (tertiary alicyclic amines) is 1. The standard InChI is InChI=1S/C20H32N2O2/c1-4-16(5-2)20(23)21-15-19(22-13-7-8-14-22)17-9-11-18(12-10-17)24-6-3/h9-12,16,19H,4-8,13-15H2,1-3H3,(H,21,23). The van der Waals surface area contributed by atoms with E-state index in [9.17, 15) is 4.79 Å². The fourth-order valence-corrected chi connectivity index (χ4v) is 3.46. The molecule has 134 valence electrons. The molecule has 1 unspecified atom stereocenters. The van der Waals surface area contributed by atoms with E-state index in [1.807, 2.05) is 19.1 Å². The molecule has 1 atom stereocenters. The maximum Gasteiger partial charge on any atom is 0.223 e. The molecule has 1 aromatic rings. The molecule has 1 heterocycles. The van der Waals surface area contributed by atoms with Crippen LogP contribution < -0.4 is 10.1 Å². The second kappa shape index (κ2) is 9.67. The molecule has 1 fully saturated rings. The van der Waals surface area contributed by atoms with E-state index in [-0.39, 0.29) is 17.9 Å². The van der Waals surface area contributed by atoms with Gasteiger partial charge >= 0.3 is 0 Å². The van der Waals surface area contributed by atoms with Crippen molar-refractivity contribution in [3.63, 3.8) is 0 Å². The smallest absolute Gasteiger partial charge is 0.223 e. The Hall–Kier alpha value is -1.55. The first kappa shape index (κ1) is 18.8. The van der Waals surface area contributed by atoms with Crippen molar-refractivity contribution in [1.29, 1.82) is 0 Å². The molecular formula is C20H32N2O2. The van der Waals surface area contributed by atoms with Gasteiger partial charge in [0.15, 0.2) is 0 Å². The summed E-state index contributed by atoms with van der Waals surface area (Å²) in [5.74, 6) is 1.22. The van der Waals surface area contributed by atoms with E-state index in [4.69, 9.17) is 4.74 Å². The Morgan fingerprint density at radius 3 is 2.29 bits per heavy atom. The number of hydrogen-bond donors (Lipinski definition) is 1. The first-order valence-corrected chi connectivity index (χ1v) is 9.44. The molecule has 1 N–H and O–H groups in total. The van der Waals surface area contributed by atoms with Crippen LogP contribution in [0.3, 0.4) is 0 Å². The zero-order valence-corrected chi connectivity index (χ0v) is 15.4. The molecule has 0 saturated carbocycles. The highest BCUT2D eigenvalue weighted by atomic mass is 16.5. The summed E-state index contributed by atoms with van der Waals surface area (Å²) in [5.41, 5.74) is 1.25. The quantitative estimate of drug-likeness (QED) is 0.748. The lowest BCUT2D eigenvalue weighted by Gasteiger charge is -2.29. The van der Waals surface area contributed by atoms with E-state index in [2.05, 4.69) is 36.2 Å². The number of nitrogens with one attached hydrogen (secondary N) is 1. The van der Waals surface area contributed by atoms with Crippen LogP contribution in [-0.2, 0) is 4.79 Å². The summed E-state index contributed by atoms with van der Waals surface area (Å²) < 4.78 is 5.54. The second-order valence-electron chi connectivity index (χ2n) is 6.52. The molecule has 0 aliphatic carbocycles. The van der Waals surface area contributed by atoms with Gasteiger partial charge in [-0.3, -0.25) is 9.69 Å². The second-order valence-corrected chi connectivity index (χ2v) is 6.52. The van der Waals surface area contributed by atoms with Crippen LogP contribution in [0.25, 0.3) is 0 Å². The molecule has 1 amide bonds. The Kier molecular flexibility index (Phi) is 7.57. The van der Waals surface area contributed by atoms with Gasteiger partial charge < -0.3 is 10.1 Å². The van der Waals surface area contributed by atoms with Crippen molar-refractivity contribution in [1.82, 2.24) is 10.2 Å². The predicted molar refractivity (Wildman–Crippen MR) is 98.2 cm³/mol. The van der Waals surface area contributed by atoms with Crippen LogP contribution in [0.2, 0.25) is 0 Å². The third-order valence-corrected chi connectivity index (χ3v) is 4.98. The number of carbonyl (C=O) groups is 1. The van der Waals surface area contributed by atoms with Gasteiger partial charge in [-0.05, 0) is 63.4 Å². The van der Waals surface area contributed by atoms with Crippen molar-refractivity contribution in [2.75, 3.05) is 26.2 Å². The van der Waals surface area contributed by atoms with Gasteiger partial charge in [0.05, 0.1) is 12.6 Å². The molecule has 2 rings (SSSR count). The molecular weight excluding hydrogens is 300 g/mol. The van der Waals surface area contributed by atoms with Gasteiger partial charge in [-0.25, -0.2) is 0 Å². The molecule has 24 heavy (non-hydrogen) atoms. The maximum atomic E-state index is 12.3. The molecule has 0 radical (unpaired) electrons. The van der Waals surface area contributed by atoms with Crippen LogP contribution in [0.5, 0.6) is 5.75 Å². The Balaban J connectivity index is 2.05. The predicted octanol–water partition coefficient (Wildman–Crippen LogP) is 3.77. The van der Waals surface area contributed by atoms with Crippen LogP contribution in [0.15, 0.2) is 24.3 Å². The van der Waals surface area contributed by atoms with Crippen LogP contribution in [0, 0.1) is 5.92 Å². The molecule has 4 heteroatoms. The number of ether oxygens (including phenoxy) is 1. The Morgan fingerprint density at radius 2 is 1.75 bits per heavy atom. The highest BCUT2D eigenvalue weighted by Crippen LogP contribution is 2.26. The lowest BCUT2D eigenvalue weighted by molar-refractivity contribution is -0.125. The van der Waals surface area contributed by atoms with Gasteiger partial charge in [-0.15, -0.1) is 0 Å². The molecule has 0 spiro atoms. The molecule has 4 nitrogen and oxygen atoms in total. The Morgan fingerprint density at radius 1 is 1.12 bits per heavy atom. The van der Waals surface area contributed by atoms with Crippen molar-refractivity contribution in [2.24, 2.45) is 5.92 Å². The molecule has 0 bridgehead atoms. The van der Waals surface area contributed by atoms with Gasteiger partial charge in [0.25, 0.3) is 0 Å². The largest absolute Gasteiger partial charge is 0.494 e. The highest BCUT2D eigenvalue weighted by Gasteiger charge is 2.25. The summed E-state index contributed by atoms with van der Waals surface area (Å²) in [6.45, 7) is 9.74. The fourth-order valence-electron chi connectivity index (χ4n) is 3.46. The summed E-state index contributed by atoms with van der Waals surface area (Å²) in [5, 5.41) is 3.19. The van der Waals surface area contributed by atoms with Crippen LogP contribution in [0.1, 0.15) is 58.1 Å². The lowest BCUT2D eigenvalue weighted by Crippen LogP contribution is -2.39. The van der Waals surface area contributed by atoms with Crippen LogP contribution >= 0.6 is 0 Å². The average Bonchev–Trinajstić information content (AvgIpc) is 3.12. The summed E-state index contributed by atoms with van der Waals surface area (Å²) in [7, 11) is 0. The van der Waals surface area contributed by atoms with Crippen molar-refractivity contribution < 1.29 is 9.53 Å². The minimum absolute atomic E-state index is 0.129. The van der Waals surface area contributed by atoms with Crippen LogP contribution in [-0.4, -0.2) is 37.0 Å². The number of nitrogens with zero attached hydrogens (tertiary/aromatic N) is 1. The van der Waals surface area contributed by atoms with Gasteiger partial charge in [-0.2, -0.15) is 0 Å². The van der Waals surface area contributed by atoms with E-state index in [0.717, 1.165) is 31.7 Å². The first-order chi connectivity index (χ1) is 11.7. The monoisotopic (exact) mass is 332 g/mol. The zero-order chi connectivity index (χ0) is 17.4. The number of rotatable bonds is 9. The summed E-state index contributed by atoms with van der Waals surface area (Å²) in [4.78, 5) is 14.8. The van der Waals surface area contributed by atoms with E-state index < -0.39 is 0 Å². The third kappa shape index (κ3) is 4.97. The minimum Gasteiger partial charge on any atom is -0.494 e. The molecule has 1 aliphatic rings. The SMILES string of the molecule is CCOc1ccc(C(CNC(=O)C(CC)CC)N2CCCC2)cc1. The van der Waals surface area contributed by atoms with Crippen molar-refractivity contribution in [3.8, 4) is 5.75 Å². The normalized spacial score (nSPS) is 16.3. The average molecular weight is 332 g/mol. The van der Waals surface area contributed by atoms with Gasteiger partial charge in [0.1, 0.15) is 5.75 Å². The molecule has 1 saturated heterocycles.